The van der Waals surface area contributed by atoms with Crippen molar-refractivity contribution in [2.24, 2.45) is 0 Å². The van der Waals surface area contributed by atoms with Crippen molar-refractivity contribution in [3.05, 3.63) is 78.1 Å². The van der Waals surface area contributed by atoms with Crippen molar-refractivity contribution in [2.75, 3.05) is 0 Å². The molecule has 0 radical (unpaired) electrons. The molecule has 0 aliphatic carbocycles. The van der Waals surface area contributed by atoms with Gasteiger partial charge in [0.05, 0.1) is 16.1 Å². The van der Waals surface area contributed by atoms with Crippen molar-refractivity contribution in [1.29, 1.82) is 0 Å². The summed E-state index contributed by atoms with van der Waals surface area (Å²) in [7, 11) is -4.86. The van der Waals surface area contributed by atoms with Gasteiger partial charge in [-0.1, -0.05) is 29.8 Å². The summed E-state index contributed by atoms with van der Waals surface area (Å²) in [6.45, 7) is 9.51. The van der Waals surface area contributed by atoms with Gasteiger partial charge in [0.1, 0.15) is 0 Å². The van der Waals surface area contributed by atoms with Crippen molar-refractivity contribution < 1.29 is 26.5 Å². The van der Waals surface area contributed by atoms with Gasteiger partial charge in [-0.2, -0.15) is 0 Å². The van der Waals surface area contributed by atoms with E-state index in [1.165, 1.54) is 36.7 Å². The minimum absolute atomic E-state index is 0.0492. The molecule has 6 nitrogen and oxygen atoms in total. The second-order valence-corrected chi connectivity index (χ2v) is 11.8. The smallest absolute Gasteiger partial charge is 0.399 e. The highest BCUT2D eigenvalue weighted by molar-refractivity contribution is 7.90. The lowest BCUT2D eigenvalue weighted by Gasteiger charge is -2.32. The zero-order valence-electron chi connectivity index (χ0n) is 20.5. The first-order valence-corrected chi connectivity index (χ1v) is 12.9. The summed E-state index contributed by atoms with van der Waals surface area (Å²) in [4.78, 5) is 4.49. The van der Waals surface area contributed by atoms with Crippen LogP contribution in [0.4, 0.5) is 8.78 Å². The molecule has 1 aliphatic rings. The highest BCUT2D eigenvalue weighted by atomic mass is 32.2. The molecule has 2 aromatic carbocycles. The van der Waals surface area contributed by atoms with Crippen molar-refractivity contribution in [2.45, 2.75) is 50.7 Å². The fourth-order valence-corrected chi connectivity index (χ4v) is 5.46. The molecule has 1 aliphatic heterocycles. The van der Waals surface area contributed by atoms with Crippen LogP contribution < -0.4 is 5.46 Å². The van der Waals surface area contributed by atoms with Crippen LogP contribution in [0.2, 0.25) is 0 Å². The zero-order valence-corrected chi connectivity index (χ0v) is 21.4. The molecule has 5 rings (SSSR count). The van der Waals surface area contributed by atoms with Crippen LogP contribution >= 0.6 is 0 Å². The van der Waals surface area contributed by atoms with Gasteiger partial charge in [-0.05, 0) is 58.9 Å². The molecule has 10 heteroatoms. The number of pyridine rings is 1. The number of nitrogens with zero attached hydrogens (tertiary/aromatic N) is 2. The molecule has 1 fully saturated rings. The third-order valence-corrected chi connectivity index (χ3v) is 8.64. The molecule has 0 atom stereocenters. The fraction of sp³-hybridized carbons (Fsp3) is 0.269. The van der Waals surface area contributed by atoms with Gasteiger partial charge >= 0.3 is 7.12 Å². The Balaban J connectivity index is 1.74. The topological polar surface area (TPSA) is 70.4 Å². The normalized spacial score (nSPS) is 17.1. The van der Waals surface area contributed by atoms with E-state index in [0.717, 1.165) is 15.6 Å². The van der Waals surface area contributed by atoms with Gasteiger partial charge in [-0.25, -0.2) is 26.2 Å². The average molecular weight is 510 g/mol. The minimum Gasteiger partial charge on any atom is -0.399 e. The Morgan fingerprint density at radius 2 is 1.58 bits per heavy atom. The maximum absolute atomic E-state index is 14.9. The predicted octanol–water partition coefficient (Wildman–Crippen LogP) is 4.83. The number of rotatable bonds is 4. The maximum atomic E-state index is 14.9. The number of hydrogen-bond donors (Lipinski definition) is 0. The van der Waals surface area contributed by atoms with Crippen LogP contribution in [0, 0.1) is 18.6 Å². The summed E-state index contributed by atoms with van der Waals surface area (Å²) >= 11 is 0. The molecule has 4 aromatic rings. The SMILES string of the molecule is Cc1ccc(S(=O)(=O)n2cc(-c3cccc(F)c3F)c3cc(B4OC(C)(C)C(C)(C)O4)cnc32)cc1. The lowest BCUT2D eigenvalue weighted by atomic mass is 9.79. The average Bonchev–Trinajstić information content (AvgIpc) is 3.29. The molecule has 36 heavy (non-hydrogen) atoms. The van der Waals surface area contributed by atoms with Crippen LogP contribution in [0.1, 0.15) is 33.3 Å². The Bertz CT molecular complexity index is 1580. The lowest BCUT2D eigenvalue weighted by Crippen LogP contribution is -2.41. The largest absolute Gasteiger partial charge is 0.496 e. The van der Waals surface area contributed by atoms with E-state index in [1.54, 1.807) is 18.2 Å². The van der Waals surface area contributed by atoms with E-state index in [0.29, 0.717) is 10.8 Å². The standard InChI is InChI=1S/C26H25BF2N2O4S/c1-16-9-11-18(12-10-16)36(32,33)31-15-21(19-7-6-8-22(28)23(19)29)20-13-17(14-30-24(20)31)27-34-25(2,3)26(4,5)35-27/h6-15H,1-5H3. The molecular weight excluding hydrogens is 485 g/mol. The number of aromatic nitrogens is 2. The second kappa shape index (κ2) is 8.23. The predicted molar refractivity (Wildman–Crippen MR) is 135 cm³/mol. The van der Waals surface area contributed by atoms with Gasteiger partial charge in [0.15, 0.2) is 17.3 Å². The molecule has 186 valence electrons. The van der Waals surface area contributed by atoms with Crippen LogP contribution in [0.5, 0.6) is 0 Å². The molecular formula is C26H25BF2N2O4S. The van der Waals surface area contributed by atoms with Crippen LogP contribution in [-0.4, -0.2) is 35.7 Å². The van der Waals surface area contributed by atoms with Crippen molar-refractivity contribution in [3.63, 3.8) is 0 Å². The van der Waals surface area contributed by atoms with E-state index in [4.69, 9.17) is 9.31 Å². The summed E-state index contributed by atoms with van der Waals surface area (Å²) in [6.07, 6.45) is 2.76. The molecule has 0 bridgehead atoms. The van der Waals surface area contributed by atoms with Crippen molar-refractivity contribution >= 4 is 33.6 Å². The number of hydrogen-bond acceptors (Lipinski definition) is 5. The molecule has 1 saturated heterocycles. The number of aryl methyl sites for hydroxylation is 1. The van der Waals surface area contributed by atoms with Crippen LogP contribution in [0.15, 0.2) is 65.8 Å². The molecule has 0 amide bonds. The van der Waals surface area contributed by atoms with Gasteiger partial charge in [0, 0.05) is 34.4 Å². The highest BCUT2D eigenvalue weighted by Crippen LogP contribution is 2.38. The molecule has 3 heterocycles. The lowest BCUT2D eigenvalue weighted by molar-refractivity contribution is 0.00578. The first-order chi connectivity index (χ1) is 16.8. The van der Waals surface area contributed by atoms with E-state index in [1.807, 2.05) is 34.6 Å². The monoisotopic (exact) mass is 510 g/mol. The summed E-state index contributed by atoms with van der Waals surface area (Å²) in [5.74, 6) is -2.12. The molecule has 0 N–H and O–H groups in total. The number of benzene rings is 2. The van der Waals surface area contributed by atoms with Gasteiger partial charge in [-0.15, -0.1) is 0 Å². The van der Waals surface area contributed by atoms with Gasteiger partial charge in [0.2, 0.25) is 0 Å². The van der Waals surface area contributed by atoms with E-state index in [9.17, 15) is 17.2 Å². The molecule has 2 aromatic heterocycles. The Hall–Kier alpha value is -3.08. The summed E-state index contributed by atoms with van der Waals surface area (Å²) in [5.41, 5.74) is 0.405. The Labute approximate surface area is 209 Å². The first-order valence-electron chi connectivity index (χ1n) is 11.5. The Morgan fingerprint density at radius 1 is 0.944 bits per heavy atom. The van der Waals surface area contributed by atoms with Crippen LogP contribution in [0.25, 0.3) is 22.2 Å². The third kappa shape index (κ3) is 3.84. The highest BCUT2D eigenvalue weighted by Gasteiger charge is 2.52. The molecule has 0 saturated carbocycles. The van der Waals surface area contributed by atoms with E-state index in [2.05, 4.69) is 4.98 Å². The summed E-state index contributed by atoms with van der Waals surface area (Å²) < 4.78 is 69.4. The first kappa shape index (κ1) is 24.6. The van der Waals surface area contributed by atoms with E-state index >= 15 is 0 Å². The Morgan fingerprint density at radius 3 is 2.22 bits per heavy atom. The number of fused-ring (bicyclic) bond motifs is 1. The van der Waals surface area contributed by atoms with Crippen LogP contribution in [-0.2, 0) is 19.3 Å². The Kier molecular flexibility index (Phi) is 5.62. The van der Waals surface area contributed by atoms with E-state index < -0.39 is 40.0 Å². The van der Waals surface area contributed by atoms with E-state index in [-0.39, 0.29) is 21.7 Å². The second-order valence-electron chi connectivity index (χ2n) is 9.99. The fourth-order valence-electron chi connectivity index (χ4n) is 4.14. The van der Waals surface area contributed by atoms with Crippen molar-refractivity contribution in [1.82, 2.24) is 8.96 Å². The van der Waals surface area contributed by atoms with Gasteiger partial charge in [0.25, 0.3) is 10.0 Å². The maximum Gasteiger partial charge on any atom is 0.496 e. The summed E-state index contributed by atoms with van der Waals surface area (Å²) in [6, 6.07) is 11.8. The molecule has 0 spiro atoms. The van der Waals surface area contributed by atoms with Crippen LogP contribution in [0.3, 0.4) is 0 Å². The third-order valence-electron chi connectivity index (χ3n) is 6.98. The number of halogens is 2. The minimum atomic E-state index is -4.09. The van der Waals surface area contributed by atoms with Gasteiger partial charge in [-0.3, -0.25) is 0 Å². The van der Waals surface area contributed by atoms with Crippen molar-refractivity contribution in [3.8, 4) is 11.1 Å². The zero-order chi connectivity index (χ0) is 26.0. The summed E-state index contributed by atoms with van der Waals surface area (Å²) in [5, 5.41) is 0.322. The quantitative estimate of drug-likeness (QED) is 0.368. The van der Waals surface area contributed by atoms with Gasteiger partial charge < -0.3 is 9.31 Å². The molecule has 0 unspecified atom stereocenters.